The highest BCUT2D eigenvalue weighted by atomic mass is 79.9. The van der Waals surface area contributed by atoms with Gasteiger partial charge in [0.1, 0.15) is 11.5 Å². The third-order valence-corrected chi connectivity index (χ3v) is 5.15. The maximum absolute atomic E-state index is 12.9. The summed E-state index contributed by atoms with van der Waals surface area (Å²) in [6, 6.07) is 5.94. The van der Waals surface area contributed by atoms with Crippen LogP contribution in [0, 0.1) is 11.3 Å². The molecule has 0 radical (unpaired) electrons. The molecule has 1 saturated carbocycles. The number of Topliss-reactive ketones (excluding diaryl/α,β-unsaturated/α-hetero) is 1. The van der Waals surface area contributed by atoms with E-state index in [2.05, 4.69) is 29.8 Å². The van der Waals surface area contributed by atoms with E-state index >= 15 is 0 Å². The van der Waals surface area contributed by atoms with E-state index in [0.29, 0.717) is 18.1 Å². The third-order valence-electron chi connectivity index (χ3n) is 4.53. The molecule has 1 fully saturated rings. The zero-order valence-electron chi connectivity index (χ0n) is 13.2. The lowest BCUT2D eigenvalue weighted by Gasteiger charge is -2.29. The summed E-state index contributed by atoms with van der Waals surface area (Å²) in [6.45, 7) is 4.44. The molecule has 0 heterocycles. The molecule has 0 aliphatic heterocycles. The molecule has 3 heteroatoms. The molecular formula is C18H25BrO2. The zero-order chi connectivity index (χ0) is 15.5. The van der Waals surface area contributed by atoms with Crippen molar-refractivity contribution in [2.75, 3.05) is 7.11 Å². The van der Waals surface area contributed by atoms with Crippen LogP contribution in [-0.2, 0) is 11.2 Å². The van der Waals surface area contributed by atoms with E-state index in [9.17, 15) is 4.79 Å². The maximum atomic E-state index is 12.9. The van der Waals surface area contributed by atoms with Crippen LogP contribution in [0.15, 0.2) is 22.7 Å². The predicted molar refractivity (Wildman–Crippen MR) is 89.8 cm³/mol. The number of hydrogen-bond donors (Lipinski definition) is 0. The highest BCUT2D eigenvalue weighted by Gasteiger charge is 2.40. The van der Waals surface area contributed by atoms with Crippen LogP contribution in [0.5, 0.6) is 5.75 Å². The van der Waals surface area contributed by atoms with Crippen LogP contribution < -0.4 is 4.74 Å². The van der Waals surface area contributed by atoms with E-state index in [1.165, 1.54) is 12.8 Å². The molecule has 0 atom stereocenters. The van der Waals surface area contributed by atoms with Gasteiger partial charge in [-0.3, -0.25) is 4.79 Å². The van der Waals surface area contributed by atoms with Gasteiger partial charge in [-0.05, 0) is 58.8 Å². The van der Waals surface area contributed by atoms with Crippen molar-refractivity contribution in [1.29, 1.82) is 0 Å². The maximum Gasteiger partial charge on any atom is 0.143 e. The number of ether oxygens (including phenoxy) is 1. The van der Waals surface area contributed by atoms with Crippen LogP contribution in [-0.4, -0.2) is 12.9 Å². The zero-order valence-corrected chi connectivity index (χ0v) is 14.8. The van der Waals surface area contributed by atoms with Crippen LogP contribution in [0.4, 0.5) is 0 Å². The van der Waals surface area contributed by atoms with Crippen LogP contribution in [0.2, 0.25) is 0 Å². The van der Waals surface area contributed by atoms with Gasteiger partial charge in [-0.25, -0.2) is 0 Å². The minimum atomic E-state index is -0.0689. The van der Waals surface area contributed by atoms with Gasteiger partial charge in [-0.2, -0.15) is 0 Å². The summed E-state index contributed by atoms with van der Waals surface area (Å²) in [5.74, 6) is 1.81. The van der Waals surface area contributed by atoms with E-state index < -0.39 is 0 Å². The van der Waals surface area contributed by atoms with Crippen molar-refractivity contribution >= 4 is 21.7 Å². The number of carbonyl (C=O) groups excluding carboxylic acids is 1. The minimum absolute atomic E-state index is 0.0689. The Labute approximate surface area is 136 Å². The number of methoxy groups -OCH3 is 1. The predicted octanol–water partition coefficient (Wildman–Crippen LogP) is 5.18. The lowest BCUT2D eigenvalue weighted by atomic mass is 9.73. The fourth-order valence-corrected chi connectivity index (χ4v) is 4.21. The summed E-state index contributed by atoms with van der Waals surface area (Å²) in [5.41, 5.74) is 1.00. The largest absolute Gasteiger partial charge is 0.496 e. The Balaban J connectivity index is 2.13. The van der Waals surface area contributed by atoms with Crippen molar-refractivity contribution in [2.24, 2.45) is 11.3 Å². The molecule has 1 aliphatic carbocycles. The Bertz CT molecular complexity index is 502. The normalized spacial score (nSPS) is 17.2. The molecule has 21 heavy (non-hydrogen) atoms. The molecule has 0 unspecified atom stereocenters. The first kappa shape index (κ1) is 16.5. The monoisotopic (exact) mass is 352 g/mol. The van der Waals surface area contributed by atoms with E-state index in [0.717, 1.165) is 35.0 Å². The lowest BCUT2D eigenvalue weighted by Crippen LogP contribution is -2.31. The van der Waals surface area contributed by atoms with Crippen LogP contribution in [0.25, 0.3) is 0 Å². The van der Waals surface area contributed by atoms with Gasteiger partial charge in [0.25, 0.3) is 0 Å². The van der Waals surface area contributed by atoms with Crippen molar-refractivity contribution in [2.45, 2.75) is 52.4 Å². The van der Waals surface area contributed by atoms with E-state index in [1.807, 2.05) is 18.2 Å². The molecule has 1 aliphatic rings. The second-order valence-corrected chi connectivity index (χ2v) is 7.51. The van der Waals surface area contributed by atoms with E-state index in [4.69, 9.17) is 4.74 Å². The fraction of sp³-hybridized carbons (Fsp3) is 0.611. The molecule has 1 aromatic rings. The van der Waals surface area contributed by atoms with Gasteiger partial charge in [0, 0.05) is 11.8 Å². The molecule has 2 rings (SSSR count). The average Bonchev–Trinajstić information content (AvgIpc) is 2.88. The molecule has 0 bridgehead atoms. The molecule has 2 nitrogen and oxygen atoms in total. The first-order chi connectivity index (χ1) is 9.97. The van der Waals surface area contributed by atoms with Crippen LogP contribution in [0.1, 0.15) is 51.5 Å². The molecule has 0 saturated heterocycles. The van der Waals surface area contributed by atoms with Gasteiger partial charge in [-0.1, -0.05) is 32.8 Å². The molecule has 0 aromatic heterocycles. The number of halogens is 1. The van der Waals surface area contributed by atoms with Gasteiger partial charge in [0.05, 0.1) is 11.6 Å². The smallest absolute Gasteiger partial charge is 0.143 e. The Morgan fingerprint density at radius 3 is 2.52 bits per heavy atom. The Morgan fingerprint density at radius 2 is 2.00 bits per heavy atom. The number of ketones is 1. The molecule has 0 spiro atoms. The van der Waals surface area contributed by atoms with Crippen LogP contribution >= 0.6 is 15.9 Å². The summed E-state index contributed by atoms with van der Waals surface area (Å²) in [4.78, 5) is 12.9. The van der Waals surface area contributed by atoms with Crippen molar-refractivity contribution in [3.63, 3.8) is 0 Å². The average molecular weight is 353 g/mol. The molecule has 0 N–H and O–H groups in total. The third kappa shape index (κ3) is 3.88. The highest BCUT2D eigenvalue weighted by molar-refractivity contribution is 9.10. The second-order valence-electron chi connectivity index (χ2n) is 6.65. The van der Waals surface area contributed by atoms with Crippen LogP contribution in [0.3, 0.4) is 0 Å². The van der Waals surface area contributed by atoms with E-state index in [-0.39, 0.29) is 5.41 Å². The van der Waals surface area contributed by atoms with E-state index in [1.54, 1.807) is 7.11 Å². The van der Waals surface area contributed by atoms with Gasteiger partial charge >= 0.3 is 0 Å². The topological polar surface area (TPSA) is 26.3 Å². The summed E-state index contributed by atoms with van der Waals surface area (Å²) >= 11 is 3.50. The Morgan fingerprint density at radius 1 is 1.33 bits per heavy atom. The molecule has 1 aromatic carbocycles. The number of rotatable bonds is 6. The van der Waals surface area contributed by atoms with Crippen molar-refractivity contribution in [3.05, 3.63) is 28.2 Å². The SMILES string of the molecule is COc1ccc(CC(=O)C2(CC(C)C)CCCC2)cc1Br. The Hall–Kier alpha value is -0.830. The number of carbonyl (C=O) groups is 1. The Kier molecular flexibility index (Phi) is 5.48. The summed E-state index contributed by atoms with van der Waals surface area (Å²) in [6.07, 6.45) is 6.11. The second kappa shape index (κ2) is 6.95. The highest BCUT2D eigenvalue weighted by Crippen LogP contribution is 2.44. The quantitative estimate of drug-likeness (QED) is 0.705. The summed E-state index contributed by atoms with van der Waals surface area (Å²) in [5, 5.41) is 0. The first-order valence-electron chi connectivity index (χ1n) is 7.82. The van der Waals surface area contributed by atoms with Gasteiger partial charge in [0.15, 0.2) is 0 Å². The van der Waals surface area contributed by atoms with Gasteiger partial charge in [-0.15, -0.1) is 0 Å². The first-order valence-corrected chi connectivity index (χ1v) is 8.62. The van der Waals surface area contributed by atoms with Gasteiger partial charge in [0.2, 0.25) is 0 Å². The number of benzene rings is 1. The summed E-state index contributed by atoms with van der Waals surface area (Å²) in [7, 11) is 1.65. The molecule has 0 amide bonds. The molecule has 116 valence electrons. The van der Waals surface area contributed by atoms with Gasteiger partial charge < -0.3 is 4.74 Å². The minimum Gasteiger partial charge on any atom is -0.496 e. The van der Waals surface area contributed by atoms with Crippen molar-refractivity contribution in [3.8, 4) is 5.75 Å². The van der Waals surface area contributed by atoms with Crippen molar-refractivity contribution in [1.82, 2.24) is 0 Å². The van der Waals surface area contributed by atoms with Crippen molar-refractivity contribution < 1.29 is 9.53 Å². The summed E-state index contributed by atoms with van der Waals surface area (Å²) < 4.78 is 6.16. The lowest BCUT2D eigenvalue weighted by molar-refractivity contribution is -0.128. The number of hydrogen-bond acceptors (Lipinski definition) is 2. The molecular weight excluding hydrogens is 328 g/mol. The fourth-order valence-electron chi connectivity index (χ4n) is 3.62. The standard InChI is InChI=1S/C18H25BrO2/c1-13(2)12-18(8-4-5-9-18)17(20)11-14-6-7-16(21-3)15(19)10-14/h6-7,10,13H,4-5,8-9,11-12H2,1-3H3.